The van der Waals surface area contributed by atoms with Crippen molar-refractivity contribution >= 4 is 5.71 Å². The van der Waals surface area contributed by atoms with Gasteiger partial charge in [0.25, 0.3) is 0 Å². The van der Waals surface area contributed by atoms with Gasteiger partial charge in [0.05, 0.1) is 30.1 Å². The molecule has 2 atom stereocenters. The minimum atomic E-state index is -0.0729. The first-order valence-electron chi connectivity index (χ1n) is 9.82. The monoisotopic (exact) mass is 336 g/mol. The molecule has 0 unspecified atom stereocenters. The molecule has 0 N–H and O–H groups in total. The number of methoxy groups -OCH3 is 1. The second-order valence-corrected chi connectivity index (χ2v) is 7.03. The minimum Gasteiger partial charge on any atom is -0.376 e. The van der Waals surface area contributed by atoms with Crippen molar-refractivity contribution in [2.24, 2.45) is 5.10 Å². The third-order valence-electron chi connectivity index (χ3n) is 5.84. The quantitative estimate of drug-likeness (QED) is 0.610. The van der Waals surface area contributed by atoms with Crippen molar-refractivity contribution < 1.29 is 9.47 Å². The predicted octanol–water partition coefficient (Wildman–Crippen LogP) is 4.55. The smallest absolute Gasteiger partial charge is 0.0977 e. The maximum absolute atomic E-state index is 6.07. The van der Waals surface area contributed by atoms with E-state index < -0.39 is 0 Å². The number of hydrogen-bond acceptors (Lipinski definition) is 4. The number of rotatable bonds is 8. The minimum absolute atomic E-state index is 0.0729. The normalized spacial score (nSPS) is 27.5. The van der Waals surface area contributed by atoms with Gasteiger partial charge in [-0.05, 0) is 51.9 Å². The Bertz CT molecular complexity index is 421. The van der Waals surface area contributed by atoms with Crippen molar-refractivity contribution in [3.05, 3.63) is 12.2 Å². The van der Waals surface area contributed by atoms with Crippen LogP contribution in [0.1, 0.15) is 72.1 Å². The molecule has 4 nitrogen and oxygen atoms in total. The van der Waals surface area contributed by atoms with E-state index in [2.05, 4.69) is 24.9 Å². The molecule has 1 aliphatic carbocycles. The van der Waals surface area contributed by atoms with Crippen LogP contribution in [-0.4, -0.2) is 48.7 Å². The Balaban J connectivity index is 2.13. The molecule has 1 saturated heterocycles. The van der Waals surface area contributed by atoms with E-state index in [1.807, 2.05) is 20.1 Å². The van der Waals surface area contributed by atoms with E-state index in [0.717, 1.165) is 32.2 Å². The number of nitrogens with zero attached hydrogens (tertiary/aromatic N) is 2. The molecule has 0 amide bonds. The molecule has 1 aliphatic heterocycles. The van der Waals surface area contributed by atoms with Gasteiger partial charge < -0.3 is 9.47 Å². The van der Waals surface area contributed by atoms with E-state index in [4.69, 9.17) is 14.6 Å². The summed E-state index contributed by atoms with van der Waals surface area (Å²) < 4.78 is 12.1. The first-order valence-corrected chi connectivity index (χ1v) is 9.82. The zero-order valence-corrected chi connectivity index (χ0v) is 16.1. The van der Waals surface area contributed by atoms with Crippen molar-refractivity contribution in [2.75, 3.05) is 20.3 Å². The van der Waals surface area contributed by atoms with Crippen LogP contribution in [0.5, 0.6) is 0 Å². The van der Waals surface area contributed by atoms with E-state index >= 15 is 0 Å². The van der Waals surface area contributed by atoms with E-state index in [1.165, 1.54) is 31.4 Å². The number of ether oxygens (including phenoxy) is 2. The lowest BCUT2D eigenvalue weighted by Gasteiger charge is -2.40. The van der Waals surface area contributed by atoms with E-state index in [1.54, 1.807) is 0 Å². The maximum Gasteiger partial charge on any atom is 0.0977 e. The van der Waals surface area contributed by atoms with Crippen LogP contribution in [0.4, 0.5) is 0 Å². The molecule has 0 aromatic heterocycles. The van der Waals surface area contributed by atoms with Gasteiger partial charge in [0.2, 0.25) is 0 Å². The van der Waals surface area contributed by atoms with E-state index in [-0.39, 0.29) is 11.7 Å². The summed E-state index contributed by atoms with van der Waals surface area (Å²) in [6.45, 7) is 8.24. The van der Waals surface area contributed by atoms with Crippen molar-refractivity contribution in [3.63, 3.8) is 0 Å². The van der Waals surface area contributed by atoms with Gasteiger partial charge in [-0.3, -0.25) is 5.01 Å². The third-order valence-corrected chi connectivity index (χ3v) is 5.84. The molecule has 2 fully saturated rings. The van der Waals surface area contributed by atoms with Crippen molar-refractivity contribution in [1.29, 1.82) is 0 Å². The summed E-state index contributed by atoms with van der Waals surface area (Å²) in [5, 5.41) is 7.43. The molecule has 24 heavy (non-hydrogen) atoms. The lowest BCUT2D eigenvalue weighted by Crippen LogP contribution is -2.49. The van der Waals surface area contributed by atoms with Gasteiger partial charge in [0.1, 0.15) is 0 Å². The highest BCUT2D eigenvalue weighted by atomic mass is 16.5. The summed E-state index contributed by atoms with van der Waals surface area (Å²) in [5.74, 6) is 0. The molecule has 138 valence electrons. The zero-order chi connectivity index (χ0) is 17.4. The molecular formula is C20H36N2O2. The average Bonchev–Trinajstić information content (AvgIpc) is 3.08. The lowest BCUT2D eigenvalue weighted by molar-refractivity contribution is -0.0735. The van der Waals surface area contributed by atoms with Crippen LogP contribution >= 0.6 is 0 Å². The number of allylic oxidation sites excluding steroid dienone is 1. The first-order chi connectivity index (χ1) is 11.7. The van der Waals surface area contributed by atoms with Gasteiger partial charge in [-0.1, -0.05) is 32.4 Å². The Morgan fingerprint density at radius 3 is 2.67 bits per heavy atom. The fraction of sp³-hybridized carbons (Fsp3) is 0.850. The summed E-state index contributed by atoms with van der Waals surface area (Å²) in [6, 6.07) is 0.392. The zero-order valence-electron chi connectivity index (χ0n) is 16.1. The average molecular weight is 337 g/mol. The fourth-order valence-corrected chi connectivity index (χ4v) is 4.24. The Labute approximate surface area is 148 Å². The van der Waals surface area contributed by atoms with Crippen LogP contribution in [0.3, 0.4) is 0 Å². The summed E-state index contributed by atoms with van der Waals surface area (Å²) >= 11 is 0. The van der Waals surface area contributed by atoms with Crippen LogP contribution in [0, 0.1) is 0 Å². The third kappa shape index (κ3) is 4.40. The van der Waals surface area contributed by atoms with Gasteiger partial charge in [-0.25, -0.2) is 0 Å². The van der Waals surface area contributed by atoms with Gasteiger partial charge in [0, 0.05) is 13.7 Å². The maximum atomic E-state index is 6.07. The van der Waals surface area contributed by atoms with Crippen LogP contribution in [0.15, 0.2) is 17.3 Å². The predicted molar refractivity (Wildman–Crippen MR) is 101 cm³/mol. The van der Waals surface area contributed by atoms with Crippen LogP contribution in [0.25, 0.3) is 0 Å². The number of hydrogen-bond donors (Lipinski definition) is 0. The molecule has 1 saturated carbocycles. The summed E-state index contributed by atoms with van der Waals surface area (Å²) in [6.07, 6.45) is 13.4. The summed E-state index contributed by atoms with van der Waals surface area (Å²) in [5.41, 5.74) is 1.17. The van der Waals surface area contributed by atoms with E-state index in [9.17, 15) is 0 Å². The van der Waals surface area contributed by atoms with Crippen molar-refractivity contribution in [1.82, 2.24) is 5.01 Å². The molecule has 1 heterocycles. The van der Waals surface area contributed by atoms with Gasteiger partial charge in [-0.15, -0.1) is 0 Å². The highest BCUT2D eigenvalue weighted by Crippen LogP contribution is 2.35. The Morgan fingerprint density at radius 2 is 2.00 bits per heavy atom. The summed E-state index contributed by atoms with van der Waals surface area (Å²) in [4.78, 5) is 0. The largest absolute Gasteiger partial charge is 0.376 e. The molecule has 0 bridgehead atoms. The molecular weight excluding hydrogens is 300 g/mol. The van der Waals surface area contributed by atoms with Crippen LogP contribution in [-0.2, 0) is 9.47 Å². The van der Waals surface area contributed by atoms with Gasteiger partial charge >= 0.3 is 0 Å². The molecule has 0 aromatic carbocycles. The van der Waals surface area contributed by atoms with Crippen molar-refractivity contribution in [3.8, 4) is 0 Å². The Morgan fingerprint density at radius 1 is 1.21 bits per heavy atom. The Kier molecular flexibility index (Phi) is 7.76. The van der Waals surface area contributed by atoms with E-state index in [0.29, 0.717) is 12.6 Å². The highest BCUT2D eigenvalue weighted by molar-refractivity contribution is 5.89. The van der Waals surface area contributed by atoms with Gasteiger partial charge in [0.15, 0.2) is 0 Å². The summed E-state index contributed by atoms with van der Waals surface area (Å²) in [7, 11) is 1.86. The molecule has 0 radical (unpaired) electrons. The molecule has 2 aliphatic rings. The standard InChI is InChI=1S/C20H36N2O2/c1-5-8-16-24-18-13-10-9-12-17(18)21-22-15-11-14-19(22)20(6-2,7-3)23-4/h5,8,18-19H,6-7,9-16H2,1-4H3/b8-5+,21-17+/t18-,19+/m1/s1. The Hall–Kier alpha value is -0.870. The highest BCUT2D eigenvalue weighted by Gasteiger charge is 2.42. The molecule has 4 heteroatoms. The molecule has 0 aromatic rings. The first kappa shape index (κ1) is 19.5. The van der Waals surface area contributed by atoms with Crippen LogP contribution < -0.4 is 0 Å². The number of hydrazone groups is 1. The fourth-order valence-electron chi connectivity index (χ4n) is 4.24. The van der Waals surface area contributed by atoms with Crippen LogP contribution in [0.2, 0.25) is 0 Å². The molecule has 0 spiro atoms. The van der Waals surface area contributed by atoms with Gasteiger partial charge in [-0.2, -0.15) is 5.10 Å². The second kappa shape index (κ2) is 9.57. The second-order valence-electron chi connectivity index (χ2n) is 7.03. The lowest BCUT2D eigenvalue weighted by atomic mass is 9.87. The SMILES string of the molecule is C/C=C/CO[C@@H]1CCCC/C1=N\N1CCC[C@H]1C(CC)(CC)OC. The van der Waals surface area contributed by atoms with Crippen molar-refractivity contribution in [2.45, 2.75) is 89.9 Å². The molecule has 2 rings (SSSR count). The topological polar surface area (TPSA) is 34.1 Å².